The number of hydrogen-bond acceptors (Lipinski definition) is 6. The molecule has 7 heteroatoms. The molecule has 0 aliphatic carbocycles. The molecule has 1 heterocycles. The fourth-order valence-electron chi connectivity index (χ4n) is 1.60. The van der Waals surface area contributed by atoms with E-state index in [1.807, 2.05) is 18.9 Å². The van der Waals surface area contributed by atoms with Gasteiger partial charge in [0.1, 0.15) is 10.7 Å². The Morgan fingerprint density at radius 3 is 2.53 bits per heavy atom. The Bertz CT molecular complexity index is 453. The molecule has 0 fully saturated rings. The summed E-state index contributed by atoms with van der Waals surface area (Å²) < 4.78 is 0. The van der Waals surface area contributed by atoms with Gasteiger partial charge < -0.3 is 20.6 Å². The van der Waals surface area contributed by atoms with Gasteiger partial charge in [-0.2, -0.15) is 0 Å². The van der Waals surface area contributed by atoms with Gasteiger partial charge in [-0.05, 0) is 20.8 Å². The molecule has 1 aromatic heterocycles. The largest absolute Gasteiger partial charge is 0.389 e. The van der Waals surface area contributed by atoms with Crippen LogP contribution in [0, 0.1) is 0 Å². The maximum absolute atomic E-state index is 12.3. The van der Waals surface area contributed by atoms with E-state index in [2.05, 4.69) is 4.98 Å². The summed E-state index contributed by atoms with van der Waals surface area (Å²) in [4.78, 5) is 20.2. The number of amides is 1. The molecule has 1 aromatic rings. The fourth-order valence-corrected chi connectivity index (χ4v) is 2.60. The third-order valence-electron chi connectivity index (χ3n) is 2.61. The van der Waals surface area contributed by atoms with Crippen molar-refractivity contribution in [3.63, 3.8) is 0 Å². The average molecular weight is 286 g/mol. The standard InChI is InChI=1S/C12H22N4O2S/c1-6-15(4)11-14-9(13)8(19-11)10(17)16(5)7-12(2,3)18/h18H,6-7,13H2,1-5H3. The number of nitrogen functional groups attached to an aromatic ring is 1. The van der Waals surface area contributed by atoms with Gasteiger partial charge >= 0.3 is 0 Å². The molecule has 0 aliphatic rings. The molecule has 0 bridgehead atoms. The first-order valence-corrected chi connectivity index (χ1v) is 6.92. The molecule has 0 saturated carbocycles. The van der Waals surface area contributed by atoms with E-state index >= 15 is 0 Å². The van der Waals surface area contributed by atoms with Gasteiger partial charge in [0.05, 0.1) is 5.60 Å². The second-order valence-corrected chi connectivity index (χ2v) is 6.18. The van der Waals surface area contributed by atoms with Crippen LogP contribution in [0.15, 0.2) is 0 Å². The second-order valence-electron chi connectivity index (χ2n) is 5.20. The maximum atomic E-state index is 12.3. The first kappa shape index (κ1) is 15.7. The molecule has 1 amide bonds. The quantitative estimate of drug-likeness (QED) is 0.844. The number of carbonyl (C=O) groups is 1. The Hall–Kier alpha value is -1.34. The van der Waals surface area contributed by atoms with Gasteiger partial charge in [-0.15, -0.1) is 0 Å². The minimum Gasteiger partial charge on any atom is -0.389 e. The SMILES string of the molecule is CCN(C)c1nc(N)c(C(=O)N(C)CC(C)(C)O)s1. The van der Waals surface area contributed by atoms with Crippen LogP contribution in [-0.2, 0) is 0 Å². The number of carbonyl (C=O) groups excluding carboxylic acids is 1. The van der Waals surface area contributed by atoms with Crippen molar-refractivity contribution in [3.05, 3.63) is 4.88 Å². The number of likely N-dealkylation sites (N-methyl/N-ethyl adjacent to an activating group) is 1. The van der Waals surface area contributed by atoms with E-state index in [1.54, 1.807) is 20.9 Å². The molecular weight excluding hydrogens is 264 g/mol. The van der Waals surface area contributed by atoms with Crippen molar-refractivity contribution >= 4 is 28.2 Å². The molecule has 0 radical (unpaired) electrons. The van der Waals surface area contributed by atoms with Crippen molar-refractivity contribution in [2.75, 3.05) is 37.8 Å². The van der Waals surface area contributed by atoms with E-state index in [0.717, 1.165) is 11.7 Å². The van der Waals surface area contributed by atoms with Gasteiger partial charge in [0, 0.05) is 27.2 Å². The van der Waals surface area contributed by atoms with E-state index in [0.29, 0.717) is 4.88 Å². The number of thiazole rings is 1. The van der Waals surface area contributed by atoms with Gasteiger partial charge in [0.2, 0.25) is 0 Å². The molecule has 1 rings (SSSR count). The summed E-state index contributed by atoms with van der Waals surface area (Å²) in [5.74, 6) is 0.0285. The Kier molecular flexibility index (Phi) is 4.75. The minimum absolute atomic E-state index is 0.215. The fraction of sp³-hybridized carbons (Fsp3) is 0.667. The lowest BCUT2D eigenvalue weighted by atomic mass is 10.1. The van der Waals surface area contributed by atoms with Crippen LogP contribution >= 0.6 is 11.3 Å². The number of nitrogens with two attached hydrogens (primary N) is 1. The zero-order valence-electron chi connectivity index (χ0n) is 12.1. The first-order valence-electron chi connectivity index (χ1n) is 6.11. The van der Waals surface area contributed by atoms with E-state index < -0.39 is 5.60 Å². The molecule has 0 unspecified atom stereocenters. The van der Waals surface area contributed by atoms with Crippen molar-refractivity contribution in [2.45, 2.75) is 26.4 Å². The highest BCUT2D eigenvalue weighted by Gasteiger charge is 2.24. The Morgan fingerprint density at radius 1 is 1.47 bits per heavy atom. The smallest absolute Gasteiger partial charge is 0.267 e. The number of hydrogen-bond donors (Lipinski definition) is 2. The van der Waals surface area contributed by atoms with Crippen molar-refractivity contribution in [3.8, 4) is 0 Å². The van der Waals surface area contributed by atoms with Crippen LogP contribution in [0.1, 0.15) is 30.4 Å². The predicted octanol–water partition coefficient (Wildman–Crippen LogP) is 1.02. The van der Waals surface area contributed by atoms with Crippen LogP contribution in [0.4, 0.5) is 10.9 Å². The number of aromatic nitrogens is 1. The molecule has 3 N–H and O–H groups in total. The third-order valence-corrected chi connectivity index (χ3v) is 3.78. The number of anilines is 2. The summed E-state index contributed by atoms with van der Waals surface area (Å²) >= 11 is 1.27. The zero-order valence-corrected chi connectivity index (χ0v) is 12.9. The Balaban J connectivity index is 2.91. The topological polar surface area (TPSA) is 82.7 Å². The van der Waals surface area contributed by atoms with Crippen LogP contribution < -0.4 is 10.6 Å². The molecule has 0 atom stereocenters. The third kappa shape index (κ3) is 4.07. The highest BCUT2D eigenvalue weighted by atomic mass is 32.1. The van der Waals surface area contributed by atoms with E-state index in [-0.39, 0.29) is 18.3 Å². The van der Waals surface area contributed by atoms with Crippen LogP contribution in [0.3, 0.4) is 0 Å². The summed E-state index contributed by atoms with van der Waals surface area (Å²) in [5, 5.41) is 10.5. The van der Waals surface area contributed by atoms with Gasteiger partial charge in [-0.3, -0.25) is 4.79 Å². The molecule has 0 aliphatic heterocycles. The van der Waals surface area contributed by atoms with E-state index in [9.17, 15) is 9.90 Å². The van der Waals surface area contributed by atoms with Crippen LogP contribution in [0.5, 0.6) is 0 Å². The van der Waals surface area contributed by atoms with Gasteiger partial charge in [-0.1, -0.05) is 11.3 Å². The molecule has 0 aromatic carbocycles. The molecule has 0 saturated heterocycles. The molecule has 19 heavy (non-hydrogen) atoms. The first-order chi connectivity index (χ1) is 8.65. The number of aliphatic hydroxyl groups is 1. The molecule has 108 valence electrons. The molecule has 6 nitrogen and oxygen atoms in total. The van der Waals surface area contributed by atoms with E-state index in [4.69, 9.17) is 5.73 Å². The highest BCUT2D eigenvalue weighted by molar-refractivity contribution is 7.18. The van der Waals surface area contributed by atoms with Crippen LogP contribution in [-0.4, -0.2) is 53.7 Å². The van der Waals surface area contributed by atoms with E-state index in [1.165, 1.54) is 16.2 Å². The van der Waals surface area contributed by atoms with Gasteiger partial charge in [0.15, 0.2) is 5.13 Å². The summed E-state index contributed by atoms with van der Waals surface area (Å²) in [5.41, 5.74) is 4.86. The Morgan fingerprint density at radius 2 is 2.05 bits per heavy atom. The van der Waals surface area contributed by atoms with Crippen molar-refractivity contribution < 1.29 is 9.90 Å². The lowest BCUT2D eigenvalue weighted by Crippen LogP contribution is -2.39. The lowest BCUT2D eigenvalue weighted by Gasteiger charge is -2.25. The summed E-state index contributed by atoms with van der Waals surface area (Å²) in [6, 6.07) is 0. The second kappa shape index (κ2) is 5.75. The average Bonchev–Trinajstić information content (AvgIpc) is 2.67. The van der Waals surface area contributed by atoms with Crippen molar-refractivity contribution in [1.82, 2.24) is 9.88 Å². The minimum atomic E-state index is -0.938. The molecule has 0 spiro atoms. The van der Waals surface area contributed by atoms with Gasteiger partial charge in [0.25, 0.3) is 5.91 Å². The highest BCUT2D eigenvalue weighted by Crippen LogP contribution is 2.28. The monoisotopic (exact) mass is 286 g/mol. The number of nitrogens with zero attached hydrogens (tertiary/aromatic N) is 3. The number of rotatable bonds is 5. The van der Waals surface area contributed by atoms with Crippen molar-refractivity contribution in [1.29, 1.82) is 0 Å². The zero-order chi connectivity index (χ0) is 14.8. The lowest BCUT2D eigenvalue weighted by molar-refractivity contribution is 0.0371. The normalized spacial score (nSPS) is 11.5. The van der Waals surface area contributed by atoms with Crippen molar-refractivity contribution in [2.24, 2.45) is 0 Å². The van der Waals surface area contributed by atoms with Crippen LogP contribution in [0.25, 0.3) is 0 Å². The maximum Gasteiger partial charge on any atom is 0.267 e. The molecular formula is C12H22N4O2S. The summed E-state index contributed by atoms with van der Waals surface area (Å²) in [6.45, 7) is 6.34. The van der Waals surface area contributed by atoms with Crippen LogP contribution in [0.2, 0.25) is 0 Å². The van der Waals surface area contributed by atoms with Gasteiger partial charge in [-0.25, -0.2) is 4.98 Å². The predicted molar refractivity (Wildman–Crippen MR) is 78.7 cm³/mol. The Labute approximate surface area is 117 Å². The summed E-state index contributed by atoms with van der Waals surface area (Å²) in [7, 11) is 3.54. The summed E-state index contributed by atoms with van der Waals surface area (Å²) in [6.07, 6.45) is 0.